The summed E-state index contributed by atoms with van der Waals surface area (Å²) in [4.78, 5) is 7.00. The molecule has 0 unspecified atom stereocenters. The van der Waals surface area contributed by atoms with Gasteiger partial charge in [0.05, 0.1) is 12.0 Å². The maximum absolute atomic E-state index is 5.51. The summed E-state index contributed by atoms with van der Waals surface area (Å²) in [6, 6.07) is 3.83. The molecule has 0 fully saturated rings. The van der Waals surface area contributed by atoms with E-state index < -0.39 is 0 Å². The van der Waals surface area contributed by atoms with Gasteiger partial charge in [0.25, 0.3) is 0 Å². The molecule has 14 heavy (non-hydrogen) atoms. The Morgan fingerprint density at radius 2 is 2.36 bits per heavy atom. The molecule has 4 nitrogen and oxygen atoms in total. The molecule has 2 heterocycles. The molecule has 0 aliphatic heterocycles. The van der Waals surface area contributed by atoms with E-state index in [1.165, 1.54) is 0 Å². The first-order valence-electron chi connectivity index (χ1n) is 4.28. The van der Waals surface area contributed by atoms with E-state index in [1.807, 2.05) is 12.1 Å². The highest BCUT2D eigenvalue weighted by Crippen LogP contribution is 2.16. The molecule has 2 aromatic heterocycles. The topological polar surface area (TPSA) is 67.8 Å². The van der Waals surface area contributed by atoms with Gasteiger partial charge in [0.2, 0.25) is 0 Å². The van der Waals surface area contributed by atoms with Crippen LogP contribution >= 0.6 is 15.9 Å². The molecule has 0 saturated carbocycles. The number of aromatic nitrogens is 2. The number of furan rings is 1. The van der Waals surface area contributed by atoms with E-state index in [9.17, 15) is 0 Å². The molecule has 74 valence electrons. The van der Waals surface area contributed by atoms with Crippen molar-refractivity contribution in [1.29, 1.82) is 0 Å². The smallest absolute Gasteiger partial charge is 0.198 e. The van der Waals surface area contributed by atoms with Gasteiger partial charge in [0, 0.05) is 6.42 Å². The summed E-state index contributed by atoms with van der Waals surface area (Å²) in [5, 5.41) is 0. The molecule has 0 atom stereocenters. The molecule has 0 saturated heterocycles. The average Bonchev–Trinajstić information content (AvgIpc) is 2.72. The van der Waals surface area contributed by atoms with Gasteiger partial charge in [-0.1, -0.05) is 0 Å². The van der Waals surface area contributed by atoms with Crippen LogP contribution in [0.1, 0.15) is 11.5 Å². The number of nitrogens with one attached hydrogen (secondary N) is 1. The molecule has 0 aliphatic rings. The van der Waals surface area contributed by atoms with Crippen LogP contribution in [0.15, 0.2) is 27.4 Å². The second kappa shape index (κ2) is 3.88. The second-order valence-electron chi connectivity index (χ2n) is 2.97. The highest BCUT2D eigenvalue weighted by atomic mass is 79.9. The van der Waals surface area contributed by atoms with Crippen LogP contribution in [-0.4, -0.2) is 9.97 Å². The van der Waals surface area contributed by atoms with Crippen molar-refractivity contribution in [3.8, 4) is 0 Å². The summed E-state index contributed by atoms with van der Waals surface area (Å²) < 4.78 is 6.00. The zero-order valence-corrected chi connectivity index (χ0v) is 9.04. The summed E-state index contributed by atoms with van der Waals surface area (Å²) in [5.41, 5.74) is 6.51. The lowest BCUT2D eigenvalue weighted by Gasteiger charge is -1.95. The minimum absolute atomic E-state index is 0.436. The number of nitrogens with two attached hydrogens (primary N) is 1. The fraction of sp³-hybridized carbons (Fsp3) is 0.222. The number of aromatic amines is 1. The number of hydrogen-bond donors (Lipinski definition) is 2. The van der Waals surface area contributed by atoms with Crippen molar-refractivity contribution in [1.82, 2.24) is 9.97 Å². The Kier molecular flexibility index (Phi) is 2.58. The third-order valence-electron chi connectivity index (χ3n) is 1.95. The molecule has 3 N–H and O–H groups in total. The number of H-pyrrole nitrogens is 1. The second-order valence-corrected chi connectivity index (χ2v) is 3.72. The van der Waals surface area contributed by atoms with Crippen LogP contribution in [0.25, 0.3) is 0 Å². The van der Waals surface area contributed by atoms with Crippen molar-refractivity contribution in [3.05, 3.63) is 34.5 Å². The van der Waals surface area contributed by atoms with E-state index in [4.69, 9.17) is 10.2 Å². The van der Waals surface area contributed by atoms with E-state index in [0.29, 0.717) is 5.95 Å². The molecule has 0 aromatic carbocycles. The molecule has 2 rings (SSSR count). The third kappa shape index (κ3) is 1.98. The van der Waals surface area contributed by atoms with Crippen LogP contribution < -0.4 is 5.73 Å². The molecule has 0 bridgehead atoms. The maximum Gasteiger partial charge on any atom is 0.198 e. The lowest BCUT2D eigenvalue weighted by molar-refractivity contribution is 0.507. The first-order chi connectivity index (χ1) is 6.75. The summed E-state index contributed by atoms with van der Waals surface area (Å²) in [5.74, 6) is 1.40. The van der Waals surface area contributed by atoms with E-state index in [0.717, 1.165) is 28.9 Å². The zero-order chi connectivity index (χ0) is 9.97. The van der Waals surface area contributed by atoms with Gasteiger partial charge in [-0.15, -0.1) is 0 Å². The normalized spacial score (nSPS) is 10.6. The van der Waals surface area contributed by atoms with Crippen molar-refractivity contribution >= 4 is 21.9 Å². The number of nitrogen functional groups attached to an aromatic ring is 1. The monoisotopic (exact) mass is 255 g/mol. The number of imidazole rings is 1. The van der Waals surface area contributed by atoms with Crippen molar-refractivity contribution < 1.29 is 4.42 Å². The summed E-state index contributed by atoms with van der Waals surface area (Å²) in [7, 11) is 0. The van der Waals surface area contributed by atoms with Crippen LogP contribution in [-0.2, 0) is 12.8 Å². The summed E-state index contributed by atoms with van der Waals surface area (Å²) in [6.45, 7) is 0. The van der Waals surface area contributed by atoms with Crippen molar-refractivity contribution in [2.75, 3.05) is 5.73 Å². The van der Waals surface area contributed by atoms with Crippen LogP contribution in [0.3, 0.4) is 0 Å². The first kappa shape index (κ1) is 9.33. The predicted molar refractivity (Wildman–Crippen MR) is 56.8 cm³/mol. The van der Waals surface area contributed by atoms with Gasteiger partial charge in [0.1, 0.15) is 10.4 Å². The quantitative estimate of drug-likeness (QED) is 0.883. The van der Waals surface area contributed by atoms with Gasteiger partial charge in [-0.05, 0) is 34.5 Å². The van der Waals surface area contributed by atoms with Crippen LogP contribution in [0.2, 0.25) is 0 Å². The molecular formula is C9H10BrN3O. The van der Waals surface area contributed by atoms with E-state index in [-0.39, 0.29) is 0 Å². The highest BCUT2D eigenvalue weighted by molar-refractivity contribution is 9.10. The molecule has 0 aliphatic carbocycles. The van der Waals surface area contributed by atoms with Gasteiger partial charge in [-0.2, -0.15) is 0 Å². The van der Waals surface area contributed by atoms with Crippen molar-refractivity contribution in [2.45, 2.75) is 12.8 Å². The Hall–Kier alpha value is -1.23. The van der Waals surface area contributed by atoms with E-state index >= 15 is 0 Å². The minimum atomic E-state index is 0.436. The molecule has 0 amide bonds. The van der Waals surface area contributed by atoms with Gasteiger partial charge in [0.15, 0.2) is 5.95 Å². The molecule has 0 radical (unpaired) electrons. The SMILES string of the molecule is Nc1nc(Br)c(CCc2ccco2)[nH]1. The molecular weight excluding hydrogens is 246 g/mol. The molecule has 5 heteroatoms. The number of halogens is 1. The lowest BCUT2D eigenvalue weighted by Crippen LogP contribution is -1.91. The first-order valence-corrected chi connectivity index (χ1v) is 5.07. The van der Waals surface area contributed by atoms with Crippen LogP contribution in [0, 0.1) is 0 Å². The number of anilines is 1. The van der Waals surface area contributed by atoms with Crippen LogP contribution in [0.5, 0.6) is 0 Å². The highest BCUT2D eigenvalue weighted by Gasteiger charge is 2.06. The predicted octanol–water partition coefficient (Wildman–Crippen LogP) is 2.13. The van der Waals surface area contributed by atoms with Crippen LogP contribution in [0.4, 0.5) is 5.95 Å². The van der Waals surface area contributed by atoms with Gasteiger partial charge in [-0.25, -0.2) is 4.98 Å². The number of rotatable bonds is 3. The van der Waals surface area contributed by atoms with E-state index in [2.05, 4.69) is 25.9 Å². The van der Waals surface area contributed by atoms with Crippen molar-refractivity contribution in [3.63, 3.8) is 0 Å². The Labute approximate surface area is 89.6 Å². The fourth-order valence-electron chi connectivity index (χ4n) is 1.28. The van der Waals surface area contributed by atoms with Gasteiger partial charge < -0.3 is 15.1 Å². The number of nitrogens with zero attached hydrogens (tertiary/aromatic N) is 1. The maximum atomic E-state index is 5.51. The number of aryl methyl sites for hydroxylation is 2. The lowest BCUT2D eigenvalue weighted by atomic mass is 10.2. The van der Waals surface area contributed by atoms with E-state index in [1.54, 1.807) is 6.26 Å². The van der Waals surface area contributed by atoms with Crippen molar-refractivity contribution in [2.24, 2.45) is 0 Å². The molecule has 2 aromatic rings. The Balaban J connectivity index is 2.01. The van der Waals surface area contributed by atoms with Gasteiger partial charge >= 0.3 is 0 Å². The fourth-order valence-corrected chi connectivity index (χ4v) is 1.76. The standard InChI is InChI=1S/C9H10BrN3O/c10-8-7(12-9(11)13-8)4-3-6-2-1-5-14-6/h1-2,5H,3-4H2,(H3,11,12,13). The summed E-state index contributed by atoms with van der Waals surface area (Å²) >= 11 is 3.33. The zero-order valence-electron chi connectivity index (χ0n) is 7.46. The Morgan fingerprint density at radius 1 is 1.50 bits per heavy atom. The largest absolute Gasteiger partial charge is 0.469 e. The average molecular weight is 256 g/mol. The Morgan fingerprint density at radius 3 is 2.93 bits per heavy atom. The Bertz CT molecular complexity index is 408. The third-order valence-corrected chi connectivity index (χ3v) is 2.60. The summed E-state index contributed by atoms with van der Waals surface area (Å²) in [6.07, 6.45) is 3.34. The van der Waals surface area contributed by atoms with Gasteiger partial charge in [-0.3, -0.25) is 0 Å². The number of hydrogen-bond acceptors (Lipinski definition) is 3. The molecule has 0 spiro atoms. The minimum Gasteiger partial charge on any atom is -0.469 e.